The molecule has 0 heterocycles. The van der Waals surface area contributed by atoms with Crippen molar-refractivity contribution in [3.05, 3.63) is 58.7 Å². The van der Waals surface area contributed by atoms with Crippen LogP contribution in [0.1, 0.15) is 93.6 Å². The molecule has 0 radical (unpaired) electrons. The van der Waals surface area contributed by atoms with E-state index in [1.807, 2.05) is 19.1 Å². The second kappa shape index (κ2) is 13.9. The van der Waals surface area contributed by atoms with Gasteiger partial charge in [-0.25, -0.2) is 13.6 Å². The summed E-state index contributed by atoms with van der Waals surface area (Å²) in [5.41, 5.74) is -6.33. The van der Waals surface area contributed by atoms with Gasteiger partial charge in [-0.1, -0.05) is 13.0 Å². The van der Waals surface area contributed by atoms with Crippen LogP contribution in [0.25, 0.3) is 0 Å². The monoisotopic (exact) mass is 760 g/mol. The van der Waals surface area contributed by atoms with E-state index in [-0.39, 0.29) is 35.5 Å². The second-order valence-corrected chi connectivity index (χ2v) is 15.0. The SMILES string of the molecule is CC(C)(C)OC(=O)c1c(F)cc(Oc2ccc3c(c2)CCC2C3CCC3(C)C(OCCCOC(C(F)(F)F)(C(F)(F)F)C(F)(F)F)CCC23)cc1F. The number of hydrogen-bond acceptors (Lipinski definition) is 5. The van der Waals surface area contributed by atoms with E-state index < -0.39 is 72.0 Å². The van der Waals surface area contributed by atoms with Crippen LogP contribution in [-0.4, -0.2) is 55.0 Å². The molecule has 16 heteroatoms. The molecule has 0 N–H and O–H groups in total. The lowest BCUT2D eigenvalue weighted by Gasteiger charge is -2.50. The predicted octanol–water partition coefficient (Wildman–Crippen LogP) is 10.8. The first-order valence-corrected chi connectivity index (χ1v) is 16.9. The Labute approximate surface area is 293 Å². The van der Waals surface area contributed by atoms with Crippen molar-refractivity contribution in [3.8, 4) is 11.5 Å². The molecule has 0 bridgehead atoms. The van der Waals surface area contributed by atoms with Crippen molar-refractivity contribution in [1.82, 2.24) is 0 Å². The van der Waals surface area contributed by atoms with E-state index in [2.05, 4.69) is 4.74 Å². The molecule has 0 amide bonds. The van der Waals surface area contributed by atoms with E-state index in [1.165, 1.54) is 0 Å². The molecule has 2 fully saturated rings. The fourth-order valence-electron chi connectivity index (χ4n) is 8.35. The van der Waals surface area contributed by atoms with Gasteiger partial charge in [0.25, 0.3) is 0 Å². The second-order valence-electron chi connectivity index (χ2n) is 15.0. The number of alkyl halides is 9. The Morgan fingerprint density at radius 2 is 1.42 bits per heavy atom. The molecule has 52 heavy (non-hydrogen) atoms. The minimum atomic E-state index is -6.78. The number of hydrogen-bond donors (Lipinski definition) is 0. The first-order valence-electron chi connectivity index (χ1n) is 16.9. The Bertz CT molecular complexity index is 1570. The van der Waals surface area contributed by atoms with Crippen LogP contribution in [0.2, 0.25) is 0 Å². The lowest BCUT2D eigenvalue weighted by Crippen LogP contribution is -2.67. The number of benzene rings is 2. The summed E-state index contributed by atoms with van der Waals surface area (Å²) < 4.78 is 168. The first-order chi connectivity index (χ1) is 23.9. The maximum absolute atomic E-state index is 14.8. The maximum Gasteiger partial charge on any atom is 0.435 e. The molecule has 0 aliphatic heterocycles. The Morgan fingerprint density at radius 3 is 2.00 bits per heavy atom. The molecule has 5 nitrogen and oxygen atoms in total. The minimum Gasteiger partial charge on any atom is -0.457 e. The standard InChI is InChI=1S/C36H39F11O5/c1-31(2,3)52-30(48)29-26(37)17-21(18-27(29)38)51-20-7-9-22-19(16-20)6-8-24-23(22)12-13-32(4)25(24)10-11-28(32)49-14-5-15-50-33(34(39,40)41,35(42,43)44)36(45,46)47/h7,9,16-18,23-25,28H,5-6,8,10-15H2,1-4H3. The number of halogens is 11. The van der Waals surface area contributed by atoms with Gasteiger partial charge in [-0.3, -0.25) is 0 Å². The zero-order valence-electron chi connectivity index (χ0n) is 28.8. The van der Waals surface area contributed by atoms with Gasteiger partial charge in [0, 0.05) is 18.7 Å². The molecule has 2 aromatic rings. The summed E-state index contributed by atoms with van der Waals surface area (Å²) in [6, 6.07) is 7.24. The van der Waals surface area contributed by atoms with Gasteiger partial charge in [-0.05, 0) is 112 Å². The Hall–Kier alpha value is -3.14. The molecule has 0 aromatic heterocycles. The molecule has 5 rings (SSSR count). The Balaban J connectivity index is 1.20. The van der Waals surface area contributed by atoms with Crippen LogP contribution in [0, 0.1) is 28.9 Å². The van der Waals surface area contributed by atoms with Gasteiger partial charge in [0.1, 0.15) is 34.3 Å². The summed E-state index contributed by atoms with van der Waals surface area (Å²) in [6.45, 7) is 4.89. The van der Waals surface area contributed by atoms with Gasteiger partial charge in [0.05, 0.1) is 12.7 Å². The number of esters is 1. The molecular weight excluding hydrogens is 721 g/mol. The highest BCUT2D eigenvalue weighted by Gasteiger charge is 2.85. The van der Waals surface area contributed by atoms with Crippen molar-refractivity contribution in [3.63, 3.8) is 0 Å². The van der Waals surface area contributed by atoms with Gasteiger partial charge in [0.15, 0.2) is 0 Å². The van der Waals surface area contributed by atoms with E-state index >= 15 is 0 Å². The lowest BCUT2D eigenvalue weighted by molar-refractivity contribution is -0.457. The van der Waals surface area contributed by atoms with Crippen molar-refractivity contribution < 1.29 is 72.0 Å². The zero-order chi connectivity index (χ0) is 38.7. The molecule has 3 aliphatic rings. The number of fused-ring (bicyclic) bond motifs is 5. The van der Waals surface area contributed by atoms with Gasteiger partial charge < -0.3 is 18.9 Å². The van der Waals surface area contributed by atoms with Gasteiger partial charge in [-0.2, -0.15) is 39.5 Å². The van der Waals surface area contributed by atoms with Crippen LogP contribution in [0.3, 0.4) is 0 Å². The van der Waals surface area contributed by atoms with Crippen LogP contribution in [0.15, 0.2) is 30.3 Å². The first kappa shape index (κ1) is 40.1. The van der Waals surface area contributed by atoms with Crippen LogP contribution in [0.4, 0.5) is 48.3 Å². The van der Waals surface area contributed by atoms with E-state index in [1.54, 1.807) is 26.8 Å². The summed E-state index contributed by atoms with van der Waals surface area (Å²) in [7, 11) is 0. The van der Waals surface area contributed by atoms with E-state index in [9.17, 15) is 53.1 Å². The van der Waals surface area contributed by atoms with Gasteiger partial charge in [-0.15, -0.1) is 0 Å². The normalized spacial score (nSPS) is 25.3. The summed E-state index contributed by atoms with van der Waals surface area (Å²) >= 11 is 0. The van der Waals surface area contributed by atoms with E-state index in [4.69, 9.17) is 14.2 Å². The van der Waals surface area contributed by atoms with Gasteiger partial charge in [0.2, 0.25) is 0 Å². The van der Waals surface area contributed by atoms with Crippen molar-refractivity contribution >= 4 is 5.97 Å². The van der Waals surface area contributed by atoms with Gasteiger partial charge >= 0.3 is 30.1 Å². The number of carbonyl (C=O) groups excluding carboxylic acids is 1. The third-order valence-electron chi connectivity index (χ3n) is 10.6. The molecule has 2 saturated carbocycles. The molecule has 5 atom stereocenters. The minimum absolute atomic E-state index is 0.145. The molecule has 5 unspecified atom stereocenters. The average Bonchev–Trinajstić information content (AvgIpc) is 3.31. The van der Waals surface area contributed by atoms with Crippen LogP contribution in [0.5, 0.6) is 11.5 Å². The number of rotatable bonds is 9. The summed E-state index contributed by atoms with van der Waals surface area (Å²) in [4.78, 5) is 12.3. The lowest BCUT2D eigenvalue weighted by atomic mass is 9.55. The summed E-state index contributed by atoms with van der Waals surface area (Å²) in [5, 5.41) is 0. The average molecular weight is 761 g/mol. The molecule has 0 spiro atoms. The van der Waals surface area contributed by atoms with Crippen molar-refractivity contribution in [2.24, 2.45) is 17.3 Å². The Morgan fingerprint density at radius 1 is 0.808 bits per heavy atom. The fourth-order valence-corrected chi connectivity index (χ4v) is 8.35. The van der Waals surface area contributed by atoms with E-state index in [0.717, 1.165) is 42.5 Å². The van der Waals surface area contributed by atoms with Crippen molar-refractivity contribution in [1.29, 1.82) is 0 Å². The zero-order valence-corrected chi connectivity index (χ0v) is 28.8. The smallest absolute Gasteiger partial charge is 0.435 e. The van der Waals surface area contributed by atoms with Crippen LogP contribution < -0.4 is 4.74 Å². The molecule has 2 aromatic carbocycles. The number of aryl methyl sites for hydroxylation is 1. The highest BCUT2D eigenvalue weighted by atomic mass is 19.4. The molecule has 3 aliphatic carbocycles. The highest BCUT2D eigenvalue weighted by molar-refractivity contribution is 5.90. The highest BCUT2D eigenvalue weighted by Crippen LogP contribution is 2.62. The van der Waals surface area contributed by atoms with Crippen LogP contribution in [-0.2, 0) is 20.6 Å². The predicted molar refractivity (Wildman–Crippen MR) is 164 cm³/mol. The molecule has 290 valence electrons. The third-order valence-corrected chi connectivity index (χ3v) is 10.6. The number of ether oxygens (including phenoxy) is 4. The van der Waals surface area contributed by atoms with Crippen LogP contribution >= 0.6 is 0 Å². The maximum atomic E-state index is 14.8. The summed E-state index contributed by atoms with van der Waals surface area (Å²) in [6.07, 6.45) is -17.1. The largest absolute Gasteiger partial charge is 0.457 e. The number of carbonyl (C=O) groups is 1. The van der Waals surface area contributed by atoms with Crippen molar-refractivity contribution in [2.75, 3.05) is 13.2 Å². The fraction of sp³-hybridized carbons (Fsp3) is 0.639. The summed E-state index contributed by atoms with van der Waals surface area (Å²) in [5.74, 6) is -2.61. The quantitative estimate of drug-likeness (QED) is 0.145. The third kappa shape index (κ3) is 7.47. The molecular formula is C36H39F11O5. The van der Waals surface area contributed by atoms with E-state index in [0.29, 0.717) is 25.0 Å². The molecule has 0 saturated heterocycles. The topological polar surface area (TPSA) is 54.0 Å². The van der Waals surface area contributed by atoms with Crippen molar-refractivity contribution in [2.45, 2.75) is 114 Å². The Kier molecular flexibility index (Phi) is 10.7.